The summed E-state index contributed by atoms with van der Waals surface area (Å²) >= 11 is 0. The Bertz CT molecular complexity index is 4220. The summed E-state index contributed by atoms with van der Waals surface area (Å²) < 4.78 is 4.80. The molecule has 14 aromatic rings. The lowest BCUT2D eigenvalue weighted by Gasteiger charge is -2.26. The molecule has 0 saturated heterocycles. The zero-order valence-corrected chi connectivity index (χ0v) is 41.1. The normalized spacial score (nSPS) is 11.5. The Balaban J connectivity index is 0.941. The molecule has 0 fully saturated rings. The summed E-state index contributed by atoms with van der Waals surface area (Å²) in [5, 5.41) is 4.95. The number of fused-ring (bicyclic) bond motifs is 6. The van der Waals surface area contributed by atoms with Gasteiger partial charge in [0.05, 0.1) is 22.1 Å². The van der Waals surface area contributed by atoms with Crippen LogP contribution in [0.4, 0.5) is 17.1 Å². The van der Waals surface area contributed by atoms with Gasteiger partial charge in [0, 0.05) is 50.0 Å². The predicted molar refractivity (Wildman–Crippen MR) is 317 cm³/mol. The maximum Gasteiger partial charge on any atom is 0.0541 e. The number of aromatic nitrogens is 2. The third-order valence-electron chi connectivity index (χ3n) is 14.9. The Morgan fingerprint density at radius 3 is 1.08 bits per heavy atom. The number of nitrogens with zero attached hydrogens (tertiary/aromatic N) is 3. The van der Waals surface area contributed by atoms with E-state index in [1.165, 1.54) is 82.6 Å². The van der Waals surface area contributed by atoms with Crippen LogP contribution in [0.3, 0.4) is 0 Å². The average Bonchev–Trinajstić information content (AvgIpc) is 4.04. The number of para-hydroxylation sites is 4. The molecule has 12 aromatic carbocycles. The van der Waals surface area contributed by atoms with Crippen molar-refractivity contribution in [1.82, 2.24) is 9.13 Å². The standard InChI is InChI=1S/C72H49N3/c1-4-18-50(19-5-1)52-34-41-58(42-35-52)73(59-43-36-53(37-44-59)51-20-6-2-7-21-51)60-45-38-54(39-46-60)72-62(55-22-16-25-61(48-55)75-68-31-13-10-26-64(68)65-27-11-14-32-69(65)75)29-17-30-63(72)56-40-47-71-67(49-56)66-28-12-15-33-70(66)74(71)57-23-8-3-9-24-57/h1-49H. The molecule has 0 spiro atoms. The van der Waals surface area contributed by atoms with Crippen molar-refractivity contribution >= 4 is 60.7 Å². The zero-order chi connectivity index (χ0) is 49.7. The second kappa shape index (κ2) is 18.6. The van der Waals surface area contributed by atoms with Crippen molar-refractivity contribution in [2.24, 2.45) is 0 Å². The molecule has 0 unspecified atom stereocenters. The highest BCUT2D eigenvalue weighted by Gasteiger charge is 2.21. The molecule has 75 heavy (non-hydrogen) atoms. The Morgan fingerprint density at radius 1 is 0.213 bits per heavy atom. The highest BCUT2D eigenvalue weighted by atomic mass is 15.1. The first-order chi connectivity index (χ1) is 37.2. The SMILES string of the molecule is c1ccc(-c2ccc(N(c3ccc(-c4ccccc4)cc3)c3ccc(-c4c(-c5cccc(-n6c7ccccc7c7ccccc76)c5)cccc4-c4ccc5c(c4)c4ccccc4n5-c4ccccc4)cc3)cc2)cc1. The summed E-state index contributed by atoms with van der Waals surface area (Å²) in [5.74, 6) is 0. The number of hydrogen-bond donors (Lipinski definition) is 0. The molecular weight excluding hydrogens is 907 g/mol. The van der Waals surface area contributed by atoms with Crippen molar-refractivity contribution in [2.45, 2.75) is 0 Å². The van der Waals surface area contributed by atoms with Crippen LogP contribution in [0.25, 0.3) is 111 Å². The van der Waals surface area contributed by atoms with Gasteiger partial charge >= 0.3 is 0 Å². The number of anilines is 3. The van der Waals surface area contributed by atoms with Gasteiger partial charge in [0.15, 0.2) is 0 Å². The second-order valence-electron chi connectivity index (χ2n) is 19.3. The Labute approximate surface area is 436 Å². The zero-order valence-electron chi connectivity index (χ0n) is 41.1. The van der Waals surface area contributed by atoms with Gasteiger partial charge in [-0.1, -0.05) is 206 Å². The van der Waals surface area contributed by atoms with E-state index in [2.05, 4.69) is 311 Å². The fraction of sp³-hybridized carbons (Fsp3) is 0. The largest absolute Gasteiger partial charge is 0.311 e. The quantitative estimate of drug-likeness (QED) is 0.133. The highest BCUT2D eigenvalue weighted by molar-refractivity contribution is 6.12. The molecule has 2 aromatic heterocycles. The molecule has 0 radical (unpaired) electrons. The number of rotatable bonds is 10. The fourth-order valence-electron chi connectivity index (χ4n) is 11.4. The predicted octanol–water partition coefficient (Wildman–Crippen LogP) is 19.7. The van der Waals surface area contributed by atoms with Crippen LogP contribution < -0.4 is 4.90 Å². The van der Waals surface area contributed by atoms with E-state index in [9.17, 15) is 0 Å². The lowest BCUT2D eigenvalue weighted by atomic mass is 9.87. The maximum absolute atomic E-state index is 2.41. The molecule has 3 nitrogen and oxygen atoms in total. The lowest BCUT2D eigenvalue weighted by Crippen LogP contribution is -2.09. The van der Waals surface area contributed by atoms with Gasteiger partial charge in [0.1, 0.15) is 0 Å². The lowest BCUT2D eigenvalue weighted by molar-refractivity contribution is 1.18. The van der Waals surface area contributed by atoms with Crippen LogP contribution in [0.5, 0.6) is 0 Å². The van der Waals surface area contributed by atoms with Crippen molar-refractivity contribution in [3.63, 3.8) is 0 Å². The molecule has 0 atom stereocenters. The van der Waals surface area contributed by atoms with E-state index in [1.54, 1.807) is 0 Å². The van der Waals surface area contributed by atoms with Gasteiger partial charge in [-0.3, -0.25) is 0 Å². The third kappa shape index (κ3) is 7.78. The van der Waals surface area contributed by atoms with E-state index in [0.717, 1.165) is 45.1 Å². The molecule has 352 valence electrons. The first kappa shape index (κ1) is 43.8. The first-order valence-corrected chi connectivity index (χ1v) is 25.7. The molecule has 3 heteroatoms. The minimum atomic E-state index is 1.07. The minimum Gasteiger partial charge on any atom is -0.311 e. The monoisotopic (exact) mass is 955 g/mol. The van der Waals surface area contributed by atoms with Gasteiger partial charge in [-0.2, -0.15) is 0 Å². The molecule has 0 bridgehead atoms. The third-order valence-corrected chi connectivity index (χ3v) is 14.9. The van der Waals surface area contributed by atoms with Crippen molar-refractivity contribution < 1.29 is 0 Å². The smallest absolute Gasteiger partial charge is 0.0541 e. The fourth-order valence-corrected chi connectivity index (χ4v) is 11.4. The summed E-state index contributed by atoms with van der Waals surface area (Å²) in [6, 6.07) is 108. The Hall–Kier alpha value is -9.96. The molecule has 0 aliphatic carbocycles. The molecule has 0 aliphatic rings. The van der Waals surface area contributed by atoms with E-state index >= 15 is 0 Å². The van der Waals surface area contributed by atoms with Gasteiger partial charge < -0.3 is 14.0 Å². The van der Waals surface area contributed by atoms with E-state index in [1.807, 2.05) is 0 Å². The van der Waals surface area contributed by atoms with Crippen LogP contribution in [-0.2, 0) is 0 Å². The summed E-state index contributed by atoms with van der Waals surface area (Å²) in [7, 11) is 0. The topological polar surface area (TPSA) is 13.1 Å². The Kier molecular flexibility index (Phi) is 10.8. The number of benzene rings is 12. The van der Waals surface area contributed by atoms with Crippen molar-refractivity contribution in [3.05, 3.63) is 297 Å². The molecule has 0 saturated carbocycles. The van der Waals surface area contributed by atoms with Gasteiger partial charge in [0.25, 0.3) is 0 Å². The van der Waals surface area contributed by atoms with Gasteiger partial charge in [-0.15, -0.1) is 0 Å². The molecular formula is C72H49N3. The van der Waals surface area contributed by atoms with Crippen LogP contribution in [-0.4, -0.2) is 9.13 Å². The highest BCUT2D eigenvalue weighted by Crippen LogP contribution is 2.45. The minimum absolute atomic E-state index is 1.07. The summed E-state index contributed by atoms with van der Waals surface area (Å²) in [6.45, 7) is 0. The van der Waals surface area contributed by atoms with E-state index in [4.69, 9.17) is 0 Å². The van der Waals surface area contributed by atoms with E-state index in [-0.39, 0.29) is 0 Å². The van der Waals surface area contributed by atoms with Gasteiger partial charge in [-0.05, 0) is 147 Å². The summed E-state index contributed by atoms with van der Waals surface area (Å²) in [5.41, 5.74) is 22.0. The molecule has 2 heterocycles. The maximum atomic E-state index is 2.41. The van der Waals surface area contributed by atoms with Crippen molar-refractivity contribution in [3.8, 4) is 67.0 Å². The summed E-state index contributed by atoms with van der Waals surface area (Å²) in [4.78, 5) is 2.37. The van der Waals surface area contributed by atoms with Crippen LogP contribution >= 0.6 is 0 Å². The van der Waals surface area contributed by atoms with Crippen LogP contribution in [0.15, 0.2) is 297 Å². The molecule has 0 amide bonds. The first-order valence-electron chi connectivity index (χ1n) is 25.7. The van der Waals surface area contributed by atoms with Crippen molar-refractivity contribution in [1.29, 1.82) is 0 Å². The second-order valence-corrected chi connectivity index (χ2v) is 19.3. The summed E-state index contributed by atoms with van der Waals surface area (Å²) in [6.07, 6.45) is 0. The van der Waals surface area contributed by atoms with Gasteiger partial charge in [-0.25, -0.2) is 0 Å². The van der Waals surface area contributed by atoms with E-state index < -0.39 is 0 Å². The molecule has 0 aliphatic heterocycles. The number of hydrogen-bond acceptors (Lipinski definition) is 1. The van der Waals surface area contributed by atoms with Crippen LogP contribution in [0, 0.1) is 0 Å². The van der Waals surface area contributed by atoms with Crippen LogP contribution in [0.1, 0.15) is 0 Å². The van der Waals surface area contributed by atoms with E-state index in [0.29, 0.717) is 0 Å². The van der Waals surface area contributed by atoms with Gasteiger partial charge in [0.2, 0.25) is 0 Å². The molecule has 0 N–H and O–H groups in total. The molecule has 14 rings (SSSR count). The van der Waals surface area contributed by atoms with Crippen molar-refractivity contribution in [2.75, 3.05) is 4.90 Å². The van der Waals surface area contributed by atoms with Crippen LogP contribution in [0.2, 0.25) is 0 Å². The Morgan fingerprint density at radius 2 is 0.560 bits per heavy atom. The average molecular weight is 956 g/mol.